The number of carbonyl (C=O) groups excluding carboxylic acids is 1. The van der Waals surface area contributed by atoms with Crippen molar-refractivity contribution < 1.29 is 19.2 Å². The smallest absolute Gasteiger partial charge is 0.271 e. The van der Waals surface area contributed by atoms with Gasteiger partial charge in [-0.1, -0.05) is 41.9 Å². The molecule has 0 aliphatic carbocycles. The number of nitrogens with zero attached hydrogens (tertiary/aromatic N) is 2. The third kappa shape index (κ3) is 6.26. The zero-order valence-corrected chi connectivity index (χ0v) is 22.0. The van der Waals surface area contributed by atoms with Crippen LogP contribution in [0.15, 0.2) is 75.0 Å². The second kappa shape index (κ2) is 11.6. The molecular weight excluding hydrogens is 570 g/mol. The Morgan fingerprint density at radius 3 is 2.64 bits per heavy atom. The van der Waals surface area contributed by atoms with E-state index in [0.717, 1.165) is 22.9 Å². The summed E-state index contributed by atoms with van der Waals surface area (Å²) >= 11 is 10.8. The van der Waals surface area contributed by atoms with Gasteiger partial charge in [-0.3, -0.25) is 14.9 Å². The van der Waals surface area contributed by atoms with Gasteiger partial charge < -0.3 is 14.8 Å². The molecule has 0 atom stereocenters. The molecule has 0 bridgehead atoms. The molecule has 8 nitrogen and oxygen atoms in total. The van der Waals surface area contributed by atoms with E-state index in [1.54, 1.807) is 12.1 Å². The molecule has 184 valence electrons. The van der Waals surface area contributed by atoms with E-state index >= 15 is 0 Å². The molecule has 1 aliphatic rings. The van der Waals surface area contributed by atoms with Crippen molar-refractivity contribution in [2.45, 2.75) is 13.5 Å². The summed E-state index contributed by atoms with van der Waals surface area (Å²) in [6, 6.07) is 17.4. The molecule has 0 unspecified atom stereocenters. The van der Waals surface area contributed by atoms with Crippen molar-refractivity contribution in [1.82, 2.24) is 5.32 Å². The molecule has 11 heteroatoms. The summed E-state index contributed by atoms with van der Waals surface area (Å²) < 4.78 is 12.5. The average molecular weight is 589 g/mol. The van der Waals surface area contributed by atoms with Gasteiger partial charge in [-0.05, 0) is 70.0 Å². The lowest BCUT2D eigenvalue weighted by molar-refractivity contribution is -0.384. The Hall–Kier alpha value is -3.34. The van der Waals surface area contributed by atoms with E-state index in [1.165, 1.54) is 18.2 Å². The molecule has 0 spiro atoms. The normalized spacial score (nSPS) is 15.2. The van der Waals surface area contributed by atoms with Gasteiger partial charge >= 0.3 is 0 Å². The molecule has 1 amide bonds. The molecule has 1 saturated heterocycles. The number of rotatable bonds is 8. The predicted molar refractivity (Wildman–Crippen MR) is 145 cm³/mol. The van der Waals surface area contributed by atoms with Gasteiger partial charge in [0.05, 0.1) is 31.6 Å². The van der Waals surface area contributed by atoms with Gasteiger partial charge in [0.1, 0.15) is 6.61 Å². The molecule has 1 N–H and O–H groups in total. The predicted octanol–water partition coefficient (Wildman–Crippen LogP) is 6.88. The molecule has 36 heavy (non-hydrogen) atoms. The minimum atomic E-state index is -0.539. The van der Waals surface area contributed by atoms with Crippen molar-refractivity contribution in [2.24, 2.45) is 4.99 Å². The van der Waals surface area contributed by atoms with Crippen LogP contribution in [0.2, 0.25) is 5.02 Å². The van der Waals surface area contributed by atoms with E-state index in [9.17, 15) is 14.9 Å². The van der Waals surface area contributed by atoms with E-state index in [-0.39, 0.29) is 16.6 Å². The fourth-order valence-corrected chi connectivity index (χ4v) is 4.87. The van der Waals surface area contributed by atoms with Crippen LogP contribution in [0.1, 0.15) is 18.1 Å². The number of hydrogen-bond acceptors (Lipinski definition) is 7. The number of halogens is 2. The number of carbonyl (C=O) groups is 1. The minimum Gasteiger partial charge on any atom is -0.490 e. The summed E-state index contributed by atoms with van der Waals surface area (Å²) in [5.41, 5.74) is 1.92. The first-order chi connectivity index (χ1) is 17.3. The number of amidine groups is 1. The molecule has 3 aromatic carbocycles. The lowest BCUT2D eigenvalue weighted by Crippen LogP contribution is -2.19. The van der Waals surface area contributed by atoms with Crippen molar-refractivity contribution in [3.05, 3.63) is 96.3 Å². The van der Waals surface area contributed by atoms with Gasteiger partial charge in [-0.2, -0.15) is 0 Å². The van der Waals surface area contributed by atoms with Crippen LogP contribution in [0.5, 0.6) is 11.5 Å². The molecule has 3 aromatic rings. The van der Waals surface area contributed by atoms with Crippen LogP contribution in [-0.4, -0.2) is 22.6 Å². The van der Waals surface area contributed by atoms with Crippen molar-refractivity contribution >= 4 is 67.8 Å². The first-order valence-corrected chi connectivity index (χ1v) is 12.7. The fraction of sp³-hybridized carbons (Fsp3) is 0.120. The van der Waals surface area contributed by atoms with Crippen LogP contribution in [0, 0.1) is 10.1 Å². The third-order valence-electron chi connectivity index (χ3n) is 4.87. The average Bonchev–Trinajstić information content (AvgIpc) is 3.19. The first-order valence-electron chi connectivity index (χ1n) is 10.7. The Balaban J connectivity index is 1.56. The Kier molecular flexibility index (Phi) is 8.29. The van der Waals surface area contributed by atoms with Gasteiger partial charge in [0.25, 0.3) is 11.6 Å². The number of nitro groups is 1. The maximum Gasteiger partial charge on any atom is 0.271 e. The lowest BCUT2D eigenvalue weighted by atomic mass is 10.1. The summed E-state index contributed by atoms with van der Waals surface area (Å²) in [6.07, 6.45) is 1.72. The number of nitro benzene ring substituents is 1. The summed E-state index contributed by atoms with van der Waals surface area (Å²) in [4.78, 5) is 27.7. The monoisotopic (exact) mass is 587 g/mol. The molecule has 4 rings (SSSR count). The van der Waals surface area contributed by atoms with E-state index in [1.807, 2.05) is 43.3 Å². The highest BCUT2D eigenvalue weighted by Gasteiger charge is 2.25. The number of non-ortho nitro benzene ring substituents is 1. The molecule has 1 aliphatic heterocycles. The van der Waals surface area contributed by atoms with Gasteiger partial charge in [0, 0.05) is 12.1 Å². The lowest BCUT2D eigenvalue weighted by Gasteiger charge is -2.15. The number of aliphatic imine (C=N–C) groups is 1. The first kappa shape index (κ1) is 25.7. The summed E-state index contributed by atoms with van der Waals surface area (Å²) in [5.74, 6) is 0.793. The number of ether oxygens (including phenoxy) is 2. The minimum absolute atomic E-state index is 0.111. The quantitative estimate of drug-likeness (QED) is 0.175. The summed E-state index contributed by atoms with van der Waals surface area (Å²) in [5, 5.41) is 14.0. The fourth-order valence-electron chi connectivity index (χ4n) is 3.25. The van der Waals surface area contributed by atoms with Crippen molar-refractivity contribution in [1.29, 1.82) is 0 Å². The second-order valence-electron chi connectivity index (χ2n) is 7.41. The zero-order chi connectivity index (χ0) is 25.7. The highest BCUT2D eigenvalue weighted by atomic mass is 79.9. The van der Waals surface area contributed by atoms with E-state index in [4.69, 9.17) is 21.1 Å². The van der Waals surface area contributed by atoms with Crippen molar-refractivity contribution in [2.75, 3.05) is 6.61 Å². The van der Waals surface area contributed by atoms with Crippen LogP contribution in [-0.2, 0) is 11.4 Å². The van der Waals surface area contributed by atoms with Gasteiger partial charge in [-0.15, -0.1) is 0 Å². The van der Waals surface area contributed by atoms with Crippen LogP contribution in [0.25, 0.3) is 6.08 Å². The Morgan fingerprint density at radius 1 is 1.17 bits per heavy atom. The van der Waals surface area contributed by atoms with E-state index in [2.05, 4.69) is 26.2 Å². The standard InChI is InChI=1S/C25H19BrClN3O5S/c1-2-34-21-11-16(10-18(26)23(21)35-14-15-6-4-3-5-7-15)12-22-24(31)29-25(36-22)28-20-9-8-17(30(32)33)13-19(20)27/h3-13H,2,14H2,1H3,(H,28,29,31)/b22-12+. The number of nitrogens with one attached hydrogen (secondary N) is 1. The maximum absolute atomic E-state index is 12.6. The third-order valence-corrected chi connectivity index (χ3v) is 6.67. The van der Waals surface area contributed by atoms with Crippen LogP contribution < -0.4 is 14.8 Å². The van der Waals surface area contributed by atoms with Crippen LogP contribution >= 0.6 is 39.3 Å². The summed E-state index contributed by atoms with van der Waals surface area (Å²) in [7, 11) is 0. The van der Waals surface area contributed by atoms with Gasteiger partial charge in [0.2, 0.25) is 0 Å². The van der Waals surface area contributed by atoms with Crippen LogP contribution in [0.3, 0.4) is 0 Å². The molecule has 0 aromatic heterocycles. The topological polar surface area (TPSA) is 103 Å². The molecular formula is C25H19BrClN3O5S. The highest BCUT2D eigenvalue weighted by molar-refractivity contribution is 9.10. The molecule has 1 fully saturated rings. The Bertz CT molecular complexity index is 1380. The number of benzene rings is 3. The Morgan fingerprint density at radius 2 is 1.94 bits per heavy atom. The number of hydrogen-bond donors (Lipinski definition) is 1. The zero-order valence-electron chi connectivity index (χ0n) is 18.9. The van der Waals surface area contributed by atoms with Crippen molar-refractivity contribution in [3.63, 3.8) is 0 Å². The second-order valence-corrected chi connectivity index (χ2v) is 9.70. The molecule has 0 radical (unpaired) electrons. The van der Waals surface area contributed by atoms with Crippen LogP contribution in [0.4, 0.5) is 11.4 Å². The highest BCUT2D eigenvalue weighted by Crippen LogP contribution is 2.39. The van der Waals surface area contributed by atoms with E-state index in [0.29, 0.717) is 44.9 Å². The van der Waals surface area contributed by atoms with E-state index < -0.39 is 4.92 Å². The maximum atomic E-state index is 12.6. The largest absolute Gasteiger partial charge is 0.490 e. The Labute approximate surface area is 224 Å². The summed E-state index contributed by atoms with van der Waals surface area (Å²) in [6.45, 7) is 2.70. The number of thioether (sulfide) groups is 1. The van der Waals surface area contributed by atoms with Gasteiger partial charge in [0.15, 0.2) is 16.7 Å². The van der Waals surface area contributed by atoms with Crippen molar-refractivity contribution in [3.8, 4) is 11.5 Å². The number of amides is 1. The molecule has 1 heterocycles. The van der Waals surface area contributed by atoms with Gasteiger partial charge in [-0.25, -0.2) is 4.99 Å². The molecule has 0 saturated carbocycles. The SMILES string of the molecule is CCOc1cc(/C=C2/SC(=Nc3ccc([N+](=O)[O-])cc3Cl)NC2=O)cc(Br)c1OCc1ccccc1.